The van der Waals surface area contributed by atoms with Crippen molar-refractivity contribution in [2.45, 2.75) is 32.2 Å². The van der Waals surface area contributed by atoms with Gasteiger partial charge >= 0.3 is 12.5 Å². The summed E-state index contributed by atoms with van der Waals surface area (Å²) in [5.41, 5.74) is 0.504. The van der Waals surface area contributed by atoms with Crippen molar-refractivity contribution in [2.24, 2.45) is 0 Å². The molecule has 1 saturated heterocycles. The van der Waals surface area contributed by atoms with Gasteiger partial charge in [-0.3, -0.25) is 19.0 Å². The molecule has 0 saturated carbocycles. The molecule has 6 rings (SSSR count). The zero-order valence-electron chi connectivity index (χ0n) is 21.8. The van der Waals surface area contributed by atoms with Gasteiger partial charge in [-0.2, -0.15) is 8.78 Å². The number of benzene rings is 2. The van der Waals surface area contributed by atoms with Crippen molar-refractivity contribution in [2.75, 3.05) is 19.7 Å². The van der Waals surface area contributed by atoms with Gasteiger partial charge in [-0.05, 0) is 55.0 Å². The second kappa shape index (κ2) is 11.3. The summed E-state index contributed by atoms with van der Waals surface area (Å²) in [5.74, 6) is -2.67. The van der Waals surface area contributed by atoms with Crippen LogP contribution in [0.15, 0.2) is 54.6 Å². The van der Waals surface area contributed by atoms with Crippen LogP contribution < -0.4 is 20.1 Å². The zero-order valence-corrected chi connectivity index (χ0v) is 21.8. The van der Waals surface area contributed by atoms with E-state index >= 15 is 0 Å². The number of hydrogen-bond acceptors (Lipinski definition) is 6. The van der Waals surface area contributed by atoms with E-state index in [1.165, 1.54) is 36.1 Å². The molecule has 41 heavy (non-hydrogen) atoms. The first-order valence-electron chi connectivity index (χ1n) is 12.7. The number of carbonyl (C=O) groups is 4. The molecule has 3 amide bonds. The highest BCUT2D eigenvalue weighted by molar-refractivity contribution is 5.98. The lowest BCUT2D eigenvalue weighted by Gasteiger charge is -2.21. The molecule has 4 heterocycles. The highest BCUT2D eigenvalue weighted by Gasteiger charge is 2.39. The van der Waals surface area contributed by atoms with Gasteiger partial charge in [0, 0.05) is 24.3 Å². The number of rotatable bonds is 3. The Balaban J connectivity index is 1.48. The van der Waals surface area contributed by atoms with Gasteiger partial charge in [-0.1, -0.05) is 12.1 Å². The minimum Gasteiger partial charge on any atom is -0.486 e. The van der Waals surface area contributed by atoms with Crippen LogP contribution in [0.2, 0.25) is 0 Å². The lowest BCUT2D eigenvalue weighted by atomic mass is 10.1. The first-order valence-corrected chi connectivity index (χ1v) is 12.7. The van der Waals surface area contributed by atoms with Crippen molar-refractivity contribution in [3.05, 3.63) is 82.7 Å². The fourth-order valence-electron chi connectivity index (χ4n) is 4.79. The summed E-state index contributed by atoms with van der Waals surface area (Å²) in [6, 6.07) is 12.4. The van der Waals surface area contributed by atoms with Crippen LogP contribution in [0.25, 0.3) is 0 Å². The highest BCUT2D eigenvalue weighted by atomic mass is 19.3. The molecule has 13 heteroatoms. The standard InChI is InChI=1S/C28H26F2N4O7/c1-15-2-7-22(34(15)28(29)30)26(37)33-12-21-23(13-33)41-19-5-3-16(4-6-19)11-31-24(35)14-40-20-9-17(25(36)32-21)8-18(10-20)27(38)39/h2-10,21,23,28H,11-14H2,1H3,(H,31,35)(H,32,36)(H,38,39)/t21-,23-/m0/s1. The summed E-state index contributed by atoms with van der Waals surface area (Å²) in [6.07, 6.45) is -0.765. The number of nitrogens with one attached hydrogen (secondary N) is 2. The molecule has 3 aliphatic heterocycles. The number of fused-ring (bicyclic) bond motifs is 7. The van der Waals surface area contributed by atoms with Crippen LogP contribution in [0.4, 0.5) is 8.78 Å². The van der Waals surface area contributed by atoms with Crippen molar-refractivity contribution < 1.29 is 42.5 Å². The van der Waals surface area contributed by atoms with E-state index in [9.17, 15) is 33.1 Å². The Morgan fingerprint density at radius 1 is 1.02 bits per heavy atom. The van der Waals surface area contributed by atoms with E-state index in [1.54, 1.807) is 24.3 Å². The average Bonchev–Trinajstić information content (AvgIpc) is 3.53. The number of likely N-dealkylation sites (tertiary alicyclic amines) is 1. The molecular weight excluding hydrogens is 542 g/mol. The van der Waals surface area contributed by atoms with Crippen LogP contribution in [0.5, 0.6) is 11.5 Å². The number of alkyl halides is 2. The maximum atomic E-state index is 13.7. The van der Waals surface area contributed by atoms with Crippen LogP contribution in [0.3, 0.4) is 0 Å². The van der Waals surface area contributed by atoms with E-state index in [4.69, 9.17) is 9.47 Å². The van der Waals surface area contributed by atoms with Crippen molar-refractivity contribution in [1.29, 1.82) is 0 Å². The van der Waals surface area contributed by atoms with E-state index in [0.29, 0.717) is 10.3 Å². The lowest BCUT2D eigenvalue weighted by molar-refractivity contribution is -0.123. The molecule has 2 aromatic carbocycles. The number of carbonyl (C=O) groups excluding carboxylic acids is 3. The largest absolute Gasteiger partial charge is 0.486 e. The maximum Gasteiger partial charge on any atom is 0.335 e. The summed E-state index contributed by atoms with van der Waals surface area (Å²) >= 11 is 0. The van der Waals surface area contributed by atoms with Gasteiger partial charge in [0.1, 0.15) is 23.3 Å². The maximum absolute atomic E-state index is 13.7. The zero-order chi connectivity index (χ0) is 29.3. The molecule has 0 aliphatic carbocycles. The number of hydrogen-bond donors (Lipinski definition) is 3. The van der Waals surface area contributed by atoms with Crippen molar-refractivity contribution in [3.63, 3.8) is 0 Å². The monoisotopic (exact) mass is 568 g/mol. The van der Waals surface area contributed by atoms with Crippen molar-refractivity contribution >= 4 is 23.7 Å². The Bertz CT molecular complexity index is 1510. The van der Waals surface area contributed by atoms with Gasteiger partial charge in [-0.25, -0.2) is 4.79 Å². The summed E-state index contributed by atoms with van der Waals surface area (Å²) in [7, 11) is 0. The molecule has 0 radical (unpaired) electrons. The van der Waals surface area contributed by atoms with Gasteiger partial charge in [-0.15, -0.1) is 0 Å². The average molecular weight is 569 g/mol. The molecule has 1 fully saturated rings. The summed E-state index contributed by atoms with van der Waals surface area (Å²) in [5, 5.41) is 15.0. The third-order valence-corrected chi connectivity index (χ3v) is 6.89. The fourth-order valence-corrected chi connectivity index (χ4v) is 4.79. The third-order valence-electron chi connectivity index (χ3n) is 6.89. The molecule has 3 aromatic rings. The molecule has 214 valence electrons. The first kappa shape index (κ1) is 27.6. The molecule has 0 unspecified atom stereocenters. The Morgan fingerprint density at radius 3 is 2.49 bits per heavy atom. The van der Waals surface area contributed by atoms with Gasteiger partial charge in [0.15, 0.2) is 6.61 Å². The second-order valence-corrected chi connectivity index (χ2v) is 9.71. The van der Waals surface area contributed by atoms with Crippen LogP contribution in [0.1, 0.15) is 49.0 Å². The smallest absolute Gasteiger partial charge is 0.335 e. The Hall–Kier alpha value is -4.94. The minimum atomic E-state index is -2.91. The fraction of sp³-hybridized carbons (Fsp3) is 0.286. The quantitative estimate of drug-likeness (QED) is 0.442. The van der Waals surface area contributed by atoms with Crippen molar-refractivity contribution in [1.82, 2.24) is 20.1 Å². The summed E-state index contributed by atoms with van der Waals surface area (Å²) in [6.45, 7) is -1.73. The number of halogens is 2. The van der Waals surface area contributed by atoms with Crippen molar-refractivity contribution in [3.8, 4) is 11.5 Å². The number of aryl methyl sites for hydroxylation is 1. The Morgan fingerprint density at radius 2 is 1.78 bits per heavy atom. The van der Waals surface area contributed by atoms with Crippen LogP contribution in [0, 0.1) is 6.92 Å². The predicted molar refractivity (Wildman–Crippen MR) is 139 cm³/mol. The topological polar surface area (TPSA) is 139 Å². The SMILES string of the molecule is Cc1ccc(C(=O)N2C[C@@H]3NC(=O)c4cc(cc(C(=O)O)c4)OCC(=O)NCc4ccc(cc4)O[C@H]3C2)n1C(F)F. The van der Waals surface area contributed by atoms with Gasteiger partial charge in [0.05, 0.1) is 18.2 Å². The minimum absolute atomic E-state index is 0.00222. The van der Waals surface area contributed by atoms with Gasteiger partial charge in [0.2, 0.25) is 0 Å². The van der Waals surface area contributed by atoms with Crippen LogP contribution in [-0.4, -0.2) is 70.1 Å². The van der Waals surface area contributed by atoms with Gasteiger partial charge in [0.25, 0.3) is 17.7 Å². The number of amides is 3. The van der Waals surface area contributed by atoms with E-state index in [-0.39, 0.29) is 47.9 Å². The molecule has 1 aromatic heterocycles. The molecule has 3 aliphatic rings. The number of carboxylic acids is 1. The van der Waals surface area contributed by atoms with Crippen LogP contribution in [-0.2, 0) is 11.3 Å². The number of nitrogens with zero attached hydrogens (tertiary/aromatic N) is 2. The first-order chi connectivity index (χ1) is 19.6. The van der Waals surface area contributed by atoms with E-state index in [0.717, 1.165) is 11.6 Å². The molecular formula is C28H26F2N4O7. The summed E-state index contributed by atoms with van der Waals surface area (Å²) in [4.78, 5) is 51.9. The molecule has 2 atom stereocenters. The lowest BCUT2D eigenvalue weighted by Crippen LogP contribution is -2.45. The summed E-state index contributed by atoms with van der Waals surface area (Å²) < 4.78 is 39.6. The highest BCUT2D eigenvalue weighted by Crippen LogP contribution is 2.25. The number of carboxylic acid groups (broad SMARTS) is 1. The molecule has 3 N–H and O–H groups in total. The van der Waals surface area contributed by atoms with Crippen LogP contribution >= 0.6 is 0 Å². The van der Waals surface area contributed by atoms with E-state index in [1.807, 2.05) is 0 Å². The Labute approximate surface area is 232 Å². The van der Waals surface area contributed by atoms with E-state index < -0.39 is 49.0 Å². The number of ether oxygens (including phenoxy) is 2. The third kappa shape index (κ3) is 5.98. The predicted octanol–water partition coefficient (Wildman–Crippen LogP) is 2.60. The van der Waals surface area contributed by atoms with E-state index in [2.05, 4.69) is 10.6 Å². The molecule has 4 bridgehead atoms. The Kier molecular flexibility index (Phi) is 7.60. The number of aromatic nitrogens is 1. The normalized spacial score (nSPS) is 19.1. The molecule has 11 nitrogen and oxygen atoms in total. The van der Waals surface area contributed by atoms with Gasteiger partial charge < -0.3 is 30.1 Å². The molecule has 0 spiro atoms. The number of aromatic carboxylic acids is 1. The second-order valence-electron chi connectivity index (χ2n) is 9.71.